The smallest absolute Gasteiger partial charge is 0.407 e. The van der Waals surface area contributed by atoms with Gasteiger partial charge in [0.15, 0.2) is 0 Å². The van der Waals surface area contributed by atoms with Gasteiger partial charge in [0.25, 0.3) is 0 Å². The first-order valence-corrected chi connectivity index (χ1v) is 11.6. The number of aliphatic carboxylic acids is 1. The molecule has 4 rings (SSSR count). The lowest BCUT2D eigenvalue weighted by Gasteiger charge is -2.23. The van der Waals surface area contributed by atoms with Gasteiger partial charge in [-0.25, -0.2) is 4.79 Å². The second kappa shape index (κ2) is 10.3. The van der Waals surface area contributed by atoms with Gasteiger partial charge in [0.1, 0.15) is 12.7 Å². The SMILES string of the molecule is CC(NC(=O)C1OCCC1CNC(=O)OCC1c2ccccc2-c2ccccc21)C(C)C(=O)O. The van der Waals surface area contributed by atoms with Gasteiger partial charge in [0.2, 0.25) is 5.91 Å². The largest absolute Gasteiger partial charge is 0.481 e. The Morgan fingerprint density at radius 2 is 1.68 bits per heavy atom. The van der Waals surface area contributed by atoms with E-state index >= 15 is 0 Å². The lowest BCUT2D eigenvalue weighted by Crippen LogP contribution is -2.47. The van der Waals surface area contributed by atoms with Crippen molar-refractivity contribution in [2.45, 2.75) is 38.3 Å². The van der Waals surface area contributed by atoms with Crippen LogP contribution < -0.4 is 10.6 Å². The molecule has 1 aliphatic heterocycles. The highest BCUT2D eigenvalue weighted by Gasteiger charge is 2.36. The highest BCUT2D eigenvalue weighted by molar-refractivity contribution is 5.83. The van der Waals surface area contributed by atoms with Crippen LogP contribution >= 0.6 is 0 Å². The molecule has 8 heteroatoms. The molecule has 4 atom stereocenters. The van der Waals surface area contributed by atoms with Gasteiger partial charge in [-0.1, -0.05) is 48.5 Å². The van der Waals surface area contributed by atoms with Crippen molar-refractivity contribution in [3.8, 4) is 11.1 Å². The zero-order chi connectivity index (χ0) is 24.2. The number of nitrogens with one attached hydrogen (secondary N) is 2. The fraction of sp³-hybridized carbons (Fsp3) is 0.423. The molecule has 1 fully saturated rings. The van der Waals surface area contributed by atoms with E-state index in [9.17, 15) is 14.4 Å². The number of hydrogen-bond donors (Lipinski definition) is 3. The minimum Gasteiger partial charge on any atom is -0.481 e. The molecule has 2 aromatic carbocycles. The molecule has 1 aliphatic carbocycles. The number of carboxylic acid groups (broad SMARTS) is 1. The topological polar surface area (TPSA) is 114 Å². The van der Waals surface area contributed by atoms with Gasteiger partial charge in [0.05, 0.1) is 5.92 Å². The third kappa shape index (κ3) is 4.92. The Morgan fingerprint density at radius 1 is 1.06 bits per heavy atom. The number of hydrogen-bond acceptors (Lipinski definition) is 5. The van der Waals surface area contributed by atoms with E-state index in [1.807, 2.05) is 24.3 Å². The standard InChI is InChI=1S/C26H30N2O6/c1-15(25(30)31)16(2)28-24(29)23-17(11-12-33-23)13-27-26(32)34-14-22-20-9-5-3-7-18(20)19-8-4-6-10-21(19)22/h3-10,15-17,22-23H,11-14H2,1-2H3,(H,27,32)(H,28,29)(H,30,31). The molecule has 3 N–H and O–H groups in total. The van der Waals surface area contributed by atoms with Crippen molar-refractivity contribution < 1.29 is 29.0 Å². The van der Waals surface area contributed by atoms with Crippen molar-refractivity contribution in [2.75, 3.05) is 19.8 Å². The molecule has 1 saturated heterocycles. The average molecular weight is 467 g/mol. The normalized spacial score (nSPS) is 20.6. The highest BCUT2D eigenvalue weighted by Crippen LogP contribution is 2.44. The molecule has 2 amide bonds. The van der Waals surface area contributed by atoms with Crippen LogP contribution in [0.25, 0.3) is 11.1 Å². The van der Waals surface area contributed by atoms with Crippen LogP contribution in [-0.2, 0) is 19.1 Å². The lowest BCUT2D eigenvalue weighted by atomic mass is 9.98. The Labute approximate surface area is 198 Å². The van der Waals surface area contributed by atoms with E-state index < -0.39 is 30.1 Å². The molecule has 0 radical (unpaired) electrons. The van der Waals surface area contributed by atoms with E-state index in [0.717, 1.165) is 22.3 Å². The van der Waals surface area contributed by atoms with E-state index in [0.29, 0.717) is 13.0 Å². The maximum absolute atomic E-state index is 12.6. The first-order chi connectivity index (χ1) is 16.4. The Balaban J connectivity index is 1.30. The van der Waals surface area contributed by atoms with Gasteiger partial charge in [-0.2, -0.15) is 0 Å². The monoisotopic (exact) mass is 466 g/mol. The van der Waals surface area contributed by atoms with E-state index in [1.54, 1.807) is 13.8 Å². The van der Waals surface area contributed by atoms with Crippen LogP contribution in [0.5, 0.6) is 0 Å². The fourth-order valence-electron chi connectivity index (χ4n) is 4.64. The van der Waals surface area contributed by atoms with E-state index in [-0.39, 0.29) is 30.9 Å². The van der Waals surface area contributed by atoms with Crippen molar-refractivity contribution in [3.63, 3.8) is 0 Å². The van der Waals surface area contributed by atoms with Crippen LogP contribution in [0.15, 0.2) is 48.5 Å². The molecular formula is C26H30N2O6. The summed E-state index contributed by atoms with van der Waals surface area (Å²) in [5, 5.41) is 14.6. The van der Waals surface area contributed by atoms with Crippen LogP contribution in [0, 0.1) is 11.8 Å². The summed E-state index contributed by atoms with van der Waals surface area (Å²) in [6.45, 7) is 4.04. The summed E-state index contributed by atoms with van der Waals surface area (Å²) in [4.78, 5) is 36.2. The second-order valence-electron chi connectivity index (χ2n) is 8.97. The second-order valence-corrected chi connectivity index (χ2v) is 8.97. The number of ether oxygens (including phenoxy) is 2. The number of amides is 2. The molecule has 34 heavy (non-hydrogen) atoms. The van der Waals surface area contributed by atoms with Crippen LogP contribution in [0.1, 0.15) is 37.3 Å². The third-order valence-corrected chi connectivity index (χ3v) is 6.83. The maximum Gasteiger partial charge on any atom is 0.407 e. The number of alkyl carbamates (subject to hydrolysis) is 1. The summed E-state index contributed by atoms with van der Waals surface area (Å²) < 4.78 is 11.1. The molecular weight excluding hydrogens is 436 g/mol. The lowest BCUT2D eigenvalue weighted by molar-refractivity contribution is -0.142. The van der Waals surface area contributed by atoms with E-state index in [2.05, 4.69) is 34.9 Å². The van der Waals surface area contributed by atoms with E-state index in [1.165, 1.54) is 0 Å². The van der Waals surface area contributed by atoms with Crippen LogP contribution in [0.3, 0.4) is 0 Å². The van der Waals surface area contributed by atoms with Gasteiger partial charge < -0.3 is 25.2 Å². The van der Waals surface area contributed by atoms with Crippen LogP contribution in [0.4, 0.5) is 4.79 Å². The molecule has 0 bridgehead atoms. The van der Waals surface area contributed by atoms with Gasteiger partial charge in [-0.15, -0.1) is 0 Å². The Hall–Kier alpha value is -3.39. The third-order valence-electron chi connectivity index (χ3n) is 6.83. The van der Waals surface area contributed by atoms with Crippen molar-refractivity contribution in [1.29, 1.82) is 0 Å². The highest BCUT2D eigenvalue weighted by atomic mass is 16.5. The molecule has 1 heterocycles. The summed E-state index contributed by atoms with van der Waals surface area (Å²) in [5.74, 6) is -2.30. The molecule has 4 unspecified atom stereocenters. The summed E-state index contributed by atoms with van der Waals surface area (Å²) in [6, 6.07) is 15.7. The van der Waals surface area contributed by atoms with Crippen molar-refractivity contribution in [3.05, 3.63) is 59.7 Å². The van der Waals surface area contributed by atoms with Gasteiger partial charge in [0, 0.05) is 31.0 Å². The number of benzene rings is 2. The first-order valence-electron chi connectivity index (χ1n) is 11.6. The number of carbonyl (C=O) groups excluding carboxylic acids is 2. The summed E-state index contributed by atoms with van der Waals surface area (Å²) in [6.07, 6.45) is -0.664. The number of rotatable bonds is 8. The van der Waals surface area contributed by atoms with Crippen LogP contribution in [0.2, 0.25) is 0 Å². The molecule has 180 valence electrons. The summed E-state index contributed by atoms with van der Waals surface area (Å²) in [5.41, 5.74) is 4.61. The van der Waals surface area contributed by atoms with Crippen LogP contribution in [-0.4, -0.2) is 55.0 Å². The molecule has 0 saturated carbocycles. The fourth-order valence-corrected chi connectivity index (χ4v) is 4.64. The van der Waals surface area contributed by atoms with Gasteiger partial charge >= 0.3 is 12.1 Å². The zero-order valence-electron chi connectivity index (χ0n) is 19.3. The average Bonchev–Trinajstić information content (AvgIpc) is 3.43. The first kappa shape index (κ1) is 23.8. The number of fused-ring (bicyclic) bond motifs is 3. The summed E-state index contributed by atoms with van der Waals surface area (Å²) >= 11 is 0. The van der Waals surface area contributed by atoms with Gasteiger partial charge in [-0.05, 0) is 42.5 Å². The number of carbonyl (C=O) groups is 3. The van der Waals surface area contributed by atoms with Crippen molar-refractivity contribution in [1.82, 2.24) is 10.6 Å². The van der Waals surface area contributed by atoms with Crippen molar-refractivity contribution >= 4 is 18.0 Å². The Kier molecular flexibility index (Phi) is 7.17. The Morgan fingerprint density at radius 3 is 2.29 bits per heavy atom. The minimum absolute atomic E-state index is 0.0239. The molecule has 8 nitrogen and oxygen atoms in total. The summed E-state index contributed by atoms with van der Waals surface area (Å²) in [7, 11) is 0. The molecule has 2 aromatic rings. The predicted octanol–water partition coefficient (Wildman–Crippen LogP) is 3.16. The maximum atomic E-state index is 12.6. The zero-order valence-corrected chi connectivity index (χ0v) is 19.3. The Bertz CT molecular complexity index is 1030. The minimum atomic E-state index is -0.978. The van der Waals surface area contributed by atoms with Crippen molar-refractivity contribution in [2.24, 2.45) is 11.8 Å². The van der Waals surface area contributed by atoms with E-state index in [4.69, 9.17) is 14.6 Å². The number of carboxylic acids is 1. The van der Waals surface area contributed by atoms with Gasteiger partial charge in [-0.3, -0.25) is 9.59 Å². The quantitative estimate of drug-likeness (QED) is 0.551. The predicted molar refractivity (Wildman–Crippen MR) is 125 cm³/mol. The molecule has 0 aromatic heterocycles. The molecule has 2 aliphatic rings. The molecule has 0 spiro atoms.